The Hall–Kier alpha value is -2.62. The molecule has 0 bridgehead atoms. The van der Waals surface area contributed by atoms with E-state index < -0.39 is 11.7 Å². The normalized spacial score (nSPS) is 15.5. The maximum Gasteiger partial charge on any atom is 0.416 e. The second-order valence-electron chi connectivity index (χ2n) is 5.70. The van der Waals surface area contributed by atoms with Gasteiger partial charge in [0.05, 0.1) is 11.1 Å². The van der Waals surface area contributed by atoms with Crippen molar-refractivity contribution in [3.05, 3.63) is 47.0 Å². The van der Waals surface area contributed by atoms with Crippen molar-refractivity contribution in [2.75, 3.05) is 0 Å². The fraction of sp³-hybridized carbons (Fsp3) is 0.353. The number of fused-ring (bicyclic) bond motifs is 1. The highest BCUT2D eigenvalue weighted by atomic mass is 19.4. The van der Waals surface area contributed by atoms with Gasteiger partial charge in [0.25, 0.3) is 0 Å². The maximum atomic E-state index is 12.8. The van der Waals surface area contributed by atoms with Crippen molar-refractivity contribution in [1.29, 1.82) is 5.26 Å². The molecule has 1 aliphatic rings. The zero-order valence-electron chi connectivity index (χ0n) is 12.8. The van der Waals surface area contributed by atoms with Crippen LogP contribution in [0.25, 0.3) is 11.6 Å². The molecule has 0 saturated heterocycles. The van der Waals surface area contributed by atoms with Gasteiger partial charge >= 0.3 is 6.18 Å². The highest BCUT2D eigenvalue weighted by molar-refractivity contribution is 5.87. The Labute approximate surface area is 137 Å². The first-order valence-electron chi connectivity index (χ1n) is 7.70. The minimum absolute atomic E-state index is 0.218. The van der Waals surface area contributed by atoms with Crippen molar-refractivity contribution in [2.45, 2.75) is 38.4 Å². The molecule has 7 heteroatoms. The van der Waals surface area contributed by atoms with E-state index >= 15 is 0 Å². The molecule has 0 amide bonds. The molecule has 0 unspecified atom stereocenters. The Balaban J connectivity index is 2.00. The predicted octanol–water partition coefficient (Wildman–Crippen LogP) is 4.09. The number of rotatable bonds is 2. The molecule has 1 aliphatic heterocycles. The summed E-state index contributed by atoms with van der Waals surface area (Å²) < 4.78 is 40.4. The van der Waals surface area contributed by atoms with Crippen molar-refractivity contribution in [3.8, 4) is 6.07 Å². The number of aryl methyl sites for hydroxylation is 1. The monoisotopic (exact) mass is 332 g/mol. The van der Waals surface area contributed by atoms with Gasteiger partial charge in [-0.05, 0) is 36.6 Å². The van der Waals surface area contributed by atoms with E-state index in [-0.39, 0.29) is 5.57 Å². The summed E-state index contributed by atoms with van der Waals surface area (Å²) in [5.74, 6) is 1.25. The molecule has 0 N–H and O–H groups in total. The molecule has 24 heavy (non-hydrogen) atoms. The van der Waals surface area contributed by atoms with Crippen molar-refractivity contribution >= 4 is 11.6 Å². The SMILES string of the molecule is N#CC(=Cc1cccc(C(F)(F)F)c1)c1nnc2n1CCCCC2. The van der Waals surface area contributed by atoms with Gasteiger partial charge in [-0.25, -0.2) is 0 Å². The quantitative estimate of drug-likeness (QED) is 0.779. The summed E-state index contributed by atoms with van der Waals surface area (Å²) in [6, 6.07) is 6.93. The lowest BCUT2D eigenvalue weighted by Gasteiger charge is -2.08. The largest absolute Gasteiger partial charge is 0.416 e. The Bertz CT molecular complexity index is 812. The molecule has 0 atom stereocenters. The molecule has 0 spiro atoms. The highest BCUT2D eigenvalue weighted by Gasteiger charge is 2.30. The van der Waals surface area contributed by atoms with E-state index in [0.29, 0.717) is 11.4 Å². The van der Waals surface area contributed by atoms with Gasteiger partial charge < -0.3 is 4.57 Å². The molecular weight excluding hydrogens is 317 g/mol. The van der Waals surface area contributed by atoms with Crippen LogP contribution in [0.1, 0.15) is 42.0 Å². The number of nitrogens with zero attached hydrogens (tertiary/aromatic N) is 4. The smallest absolute Gasteiger partial charge is 0.310 e. The number of alkyl halides is 3. The summed E-state index contributed by atoms with van der Waals surface area (Å²) in [5.41, 5.74) is -0.212. The Morgan fingerprint density at radius 3 is 2.79 bits per heavy atom. The van der Waals surface area contributed by atoms with Gasteiger partial charge in [0.1, 0.15) is 11.9 Å². The van der Waals surface area contributed by atoms with Crippen LogP contribution < -0.4 is 0 Å². The van der Waals surface area contributed by atoms with E-state index in [1.165, 1.54) is 18.2 Å². The number of benzene rings is 1. The number of halogens is 3. The summed E-state index contributed by atoms with van der Waals surface area (Å²) in [6.45, 7) is 0.722. The van der Waals surface area contributed by atoms with E-state index in [1.807, 2.05) is 10.6 Å². The van der Waals surface area contributed by atoms with E-state index in [2.05, 4.69) is 10.2 Å². The van der Waals surface area contributed by atoms with Crippen molar-refractivity contribution in [3.63, 3.8) is 0 Å². The van der Waals surface area contributed by atoms with Crippen LogP contribution in [0.4, 0.5) is 13.2 Å². The van der Waals surface area contributed by atoms with Gasteiger partial charge in [0, 0.05) is 13.0 Å². The standard InChI is InChI=1S/C17H15F3N4/c18-17(19,20)14-6-4-5-12(10-14)9-13(11-21)16-23-22-15-7-2-1-3-8-24(15)16/h4-6,9-10H,1-3,7-8H2. The van der Waals surface area contributed by atoms with Crippen LogP contribution in [0.15, 0.2) is 24.3 Å². The lowest BCUT2D eigenvalue weighted by atomic mass is 10.1. The zero-order chi connectivity index (χ0) is 17.2. The van der Waals surface area contributed by atoms with Gasteiger partial charge in [0.2, 0.25) is 0 Å². The number of allylic oxidation sites excluding steroid dienone is 1. The first kappa shape index (κ1) is 16.2. The average molecular weight is 332 g/mol. The van der Waals surface area contributed by atoms with Gasteiger partial charge in [0.15, 0.2) is 5.82 Å². The first-order chi connectivity index (χ1) is 11.5. The van der Waals surface area contributed by atoms with Gasteiger partial charge in [-0.15, -0.1) is 10.2 Å². The summed E-state index contributed by atoms with van der Waals surface area (Å²) in [5, 5.41) is 17.6. The summed E-state index contributed by atoms with van der Waals surface area (Å²) in [4.78, 5) is 0. The van der Waals surface area contributed by atoms with Gasteiger partial charge in [-0.3, -0.25) is 0 Å². The zero-order valence-corrected chi connectivity index (χ0v) is 12.8. The Morgan fingerprint density at radius 1 is 1.21 bits per heavy atom. The average Bonchev–Trinajstić information content (AvgIpc) is 2.80. The fourth-order valence-corrected chi connectivity index (χ4v) is 2.80. The number of aromatic nitrogens is 3. The minimum Gasteiger partial charge on any atom is -0.310 e. The molecule has 2 heterocycles. The second-order valence-corrected chi connectivity index (χ2v) is 5.70. The third kappa shape index (κ3) is 3.32. The van der Waals surface area contributed by atoms with E-state index in [4.69, 9.17) is 0 Å². The van der Waals surface area contributed by atoms with Crippen molar-refractivity contribution in [2.24, 2.45) is 0 Å². The van der Waals surface area contributed by atoms with E-state index in [0.717, 1.165) is 50.2 Å². The van der Waals surface area contributed by atoms with Crippen LogP contribution in [-0.2, 0) is 19.1 Å². The van der Waals surface area contributed by atoms with E-state index in [9.17, 15) is 18.4 Å². The third-order valence-corrected chi connectivity index (χ3v) is 4.00. The predicted molar refractivity (Wildman–Crippen MR) is 82.5 cm³/mol. The van der Waals surface area contributed by atoms with Gasteiger partial charge in [-0.1, -0.05) is 18.6 Å². The third-order valence-electron chi connectivity index (χ3n) is 4.00. The number of hydrogen-bond donors (Lipinski definition) is 0. The lowest BCUT2D eigenvalue weighted by molar-refractivity contribution is -0.137. The van der Waals surface area contributed by atoms with Crippen molar-refractivity contribution < 1.29 is 13.2 Å². The second kappa shape index (κ2) is 6.48. The summed E-state index contributed by atoms with van der Waals surface area (Å²) >= 11 is 0. The number of nitriles is 1. The summed E-state index contributed by atoms with van der Waals surface area (Å²) in [7, 11) is 0. The molecular formula is C17H15F3N4. The molecule has 0 radical (unpaired) electrons. The fourth-order valence-electron chi connectivity index (χ4n) is 2.80. The van der Waals surface area contributed by atoms with Crippen LogP contribution in [0.3, 0.4) is 0 Å². The molecule has 1 aromatic heterocycles. The highest BCUT2D eigenvalue weighted by Crippen LogP contribution is 2.30. The molecule has 0 saturated carbocycles. The minimum atomic E-state index is -4.41. The molecule has 0 aliphatic carbocycles. The Morgan fingerprint density at radius 2 is 2.04 bits per heavy atom. The molecule has 3 rings (SSSR count). The maximum absolute atomic E-state index is 12.8. The lowest BCUT2D eigenvalue weighted by Crippen LogP contribution is -2.05. The summed E-state index contributed by atoms with van der Waals surface area (Å²) in [6.07, 6.45) is 0.898. The topological polar surface area (TPSA) is 54.5 Å². The molecule has 4 nitrogen and oxygen atoms in total. The van der Waals surface area contributed by atoms with Crippen molar-refractivity contribution in [1.82, 2.24) is 14.8 Å². The van der Waals surface area contributed by atoms with Crippen LogP contribution in [0.2, 0.25) is 0 Å². The Kier molecular flexibility index (Phi) is 4.38. The first-order valence-corrected chi connectivity index (χ1v) is 7.70. The molecule has 1 aromatic carbocycles. The van der Waals surface area contributed by atoms with Gasteiger partial charge in [-0.2, -0.15) is 18.4 Å². The van der Waals surface area contributed by atoms with Crippen LogP contribution in [-0.4, -0.2) is 14.8 Å². The van der Waals surface area contributed by atoms with Crippen LogP contribution in [0, 0.1) is 11.3 Å². The molecule has 124 valence electrons. The van der Waals surface area contributed by atoms with Crippen LogP contribution in [0.5, 0.6) is 0 Å². The van der Waals surface area contributed by atoms with E-state index in [1.54, 1.807) is 0 Å². The molecule has 0 fully saturated rings. The number of hydrogen-bond acceptors (Lipinski definition) is 3. The molecule has 2 aromatic rings. The van der Waals surface area contributed by atoms with Crippen LogP contribution >= 0.6 is 0 Å².